The maximum atomic E-state index is 14.3. The van der Waals surface area contributed by atoms with Gasteiger partial charge in [0.05, 0.1) is 18.5 Å². The Balaban J connectivity index is 1.86. The van der Waals surface area contributed by atoms with Crippen molar-refractivity contribution >= 4 is 29.4 Å². The third kappa shape index (κ3) is 3.08. The molecule has 2 heterocycles. The lowest BCUT2D eigenvalue weighted by atomic mass is 9.92. The van der Waals surface area contributed by atoms with Crippen molar-refractivity contribution in [3.05, 3.63) is 34.9 Å². The Bertz CT molecular complexity index is 743. The first-order chi connectivity index (χ1) is 11.7. The van der Waals surface area contributed by atoms with Gasteiger partial charge in [-0.2, -0.15) is 0 Å². The minimum Gasteiger partial charge on any atom is -0.479 e. The SMILES string of the molecule is CN1C(=O)CC(C(=O)N2CCC(F)(C(=O)O)C2)C1c1cccc(Cl)c1. The van der Waals surface area contributed by atoms with Crippen molar-refractivity contribution < 1.29 is 23.9 Å². The molecule has 2 aliphatic rings. The molecule has 1 aromatic rings. The quantitative estimate of drug-likeness (QED) is 0.883. The van der Waals surface area contributed by atoms with Gasteiger partial charge >= 0.3 is 5.97 Å². The number of alkyl halides is 1. The lowest BCUT2D eigenvalue weighted by molar-refractivity contribution is -0.150. The largest absolute Gasteiger partial charge is 0.479 e. The summed E-state index contributed by atoms with van der Waals surface area (Å²) in [5, 5.41) is 9.48. The molecule has 3 rings (SSSR count). The smallest absolute Gasteiger partial charge is 0.343 e. The highest BCUT2D eigenvalue weighted by Crippen LogP contribution is 2.40. The van der Waals surface area contributed by atoms with Crippen LogP contribution in [0.1, 0.15) is 24.4 Å². The highest BCUT2D eigenvalue weighted by molar-refractivity contribution is 6.30. The Labute approximate surface area is 149 Å². The van der Waals surface area contributed by atoms with E-state index >= 15 is 0 Å². The fourth-order valence-corrected chi connectivity index (χ4v) is 3.81. The zero-order chi connectivity index (χ0) is 18.4. The molecular formula is C17H18ClFN2O4. The van der Waals surface area contributed by atoms with E-state index in [2.05, 4.69) is 0 Å². The van der Waals surface area contributed by atoms with E-state index in [1.807, 2.05) is 0 Å². The van der Waals surface area contributed by atoms with Crippen LogP contribution in [0, 0.1) is 5.92 Å². The van der Waals surface area contributed by atoms with Gasteiger partial charge in [-0.25, -0.2) is 9.18 Å². The molecule has 0 aliphatic carbocycles. The average molecular weight is 369 g/mol. The van der Waals surface area contributed by atoms with Crippen molar-refractivity contribution in [3.63, 3.8) is 0 Å². The Hall–Kier alpha value is -2.15. The predicted octanol–water partition coefficient (Wildman–Crippen LogP) is 1.88. The van der Waals surface area contributed by atoms with E-state index in [1.165, 1.54) is 9.80 Å². The molecule has 134 valence electrons. The maximum Gasteiger partial charge on any atom is 0.343 e. The number of carbonyl (C=O) groups is 3. The molecule has 6 nitrogen and oxygen atoms in total. The maximum absolute atomic E-state index is 14.3. The van der Waals surface area contributed by atoms with Crippen LogP contribution in [0.5, 0.6) is 0 Å². The van der Waals surface area contributed by atoms with Crippen LogP contribution in [0.4, 0.5) is 4.39 Å². The Morgan fingerprint density at radius 2 is 2.12 bits per heavy atom. The Morgan fingerprint density at radius 1 is 1.40 bits per heavy atom. The number of likely N-dealkylation sites (tertiary alicyclic amines) is 2. The molecule has 0 spiro atoms. The van der Waals surface area contributed by atoms with Crippen molar-refractivity contribution in [2.75, 3.05) is 20.1 Å². The third-order valence-electron chi connectivity index (χ3n) is 5.01. The molecule has 0 radical (unpaired) electrons. The highest BCUT2D eigenvalue weighted by Gasteiger charge is 2.51. The van der Waals surface area contributed by atoms with Crippen molar-refractivity contribution in [2.45, 2.75) is 24.6 Å². The average Bonchev–Trinajstić information content (AvgIpc) is 3.09. The number of carbonyl (C=O) groups excluding carboxylic acids is 2. The number of carboxylic acid groups (broad SMARTS) is 1. The number of hydrogen-bond acceptors (Lipinski definition) is 3. The monoisotopic (exact) mass is 368 g/mol. The van der Waals surface area contributed by atoms with Crippen LogP contribution in [0.25, 0.3) is 0 Å². The van der Waals surface area contributed by atoms with Gasteiger partial charge in [0, 0.05) is 31.5 Å². The second-order valence-electron chi connectivity index (χ2n) is 6.60. The lowest BCUT2D eigenvalue weighted by Gasteiger charge is -2.28. The van der Waals surface area contributed by atoms with Crippen molar-refractivity contribution in [1.82, 2.24) is 9.80 Å². The van der Waals surface area contributed by atoms with Gasteiger partial charge in [0.1, 0.15) is 0 Å². The number of hydrogen-bond donors (Lipinski definition) is 1. The van der Waals surface area contributed by atoms with Gasteiger partial charge in [0.25, 0.3) is 0 Å². The second-order valence-corrected chi connectivity index (χ2v) is 7.03. The zero-order valence-electron chi connectivity index (χ0n) is 13.6. The van der Waals surface area contributed by atoms with Crippen LogP contribution in [-0.4, -0.2) is 58.5 Å². The molecule has 25 heavy (non-hydrogen) atoms. The van der Waals surface area contributed by atoms with Crippen LogP contribution in [0.2, 0.25) is 5.02 Å². The first kappa shape index (κ1) is 17.7. The van der Waals surface area contributed by atoms with Crippen LogP contribution in [0.3, 0.4) is 0 Å². The summed E-state index contributed by atoms with van der Waals surface area (Å²) in [6.07, 6.45) is -0.234. The molecule has 2 fully saturated rings. The normalized spacial score (nSPS) is 29.3. The molecule has 0 aromatic heterocycles. The van der Waals surface area contributed by atoms with E-state index in [0.29, 0.717) is 5.02 Å². The number of aliphatic carboxylic acids is 1. The van der Waals surface area contributed by atoms with Gasteiger partial charge in [0.2, 0.25) is 17.5 Å². The van der Waals surface area contributed by atoms with Gasteiger partial charge in [-0.1, -0.05) is 23.7 Å². The molecular weight excluding hydrogens is 351 g/mol. The first-order valence-corrected chi connectivity index (χ1v) is 8.33. The summed E-state index contributed by atoms with van der Waals surface area (Å²) in [6.45, 7) is -0.462. The van der Waals surface area contributed by atoms with Crippen LogP contribution >= 0.6 is 11.6 Å². The minimum absolute atomic E-state index is 0.00930. The lowest BCUT2D eigenvalue weighted by Crippen LogP contribution is -2.42. The Kier molecular flexibility index (Phi) is 4.45. The first-order valence-electron chi connectivity index (χ1n) is 7.95. The fraction of sp³-hybridized carbons (Fsp3) is 0.471. The van der Waals surface area contributed by atoms with Gasteiger partial charge in [0.15, 0.2) is 0 Å². The zero-order valence-corrected chi connectivity index (χ0v) is 14.4. The number of carboxylic acids is 1. The van der Waals surface area contributed by atoms with Gasteiger partial charge in [-0.05, 0) is 17.7 Å². The second kappa shape index (κ2) is 6.29. The number of nitrogens with zero attached hydrogens (tertiary/aromatic N) is 2. The Morgan fingerprint density at radius 3 is 2.72 bits per heavy atom. The van der Waals surface area contributed by atoms with E-state index in [4.69, 9.17) is 16.7 Å². The molecule has 0 bridgehead atoms. The van der Waals surface area contributed by atoms with Crippen LogP contribution < -0.4 is 0 Å². The molecule has 2 amide bonds. The molecule has 2 saturated heterocycles. The molecule has 2 aliphatic heterocycles. The van der Waals surface area contributed by atoms with E-state index < -0.39 is 36.0 Å². The van der Waals surface area contributed by atoms with Gasteiger partial charge in [-0.3, -0.25) is 9.59 Å². The fourth-order valence-electron chi connectivity index (χ4n) is 3.61. The number of amides is 2. The van der Waals surface area contributed by atoms with Crippen molar-refractivity contribution in [1.29, 1.82) is 0 Å². The molecule has 8 heteroatoms. The summed E-state index contributed by atoms with van der Waals surface area (Å²) in [5.74, 6) is -2.84. The number of halogens is 2. The molecule has 1 N–H and O–H groups in total. The topological polar surface area (TPSA) is 77.9 Å². The summed E-state index contributed by atoms with van der Waals surface area (Å²) in [6, 6.07) is 6.42. The number of rotatable bonds is 3. The van der Waals surface area contributed by atoms with Crippen molar-refractivity contribution in [3.8, 4) is 0 Å². The van der Waals surface area contributed by atoms with Gasteiger partial charge in [-0.15, -0.1) is 0 Å². The number of benzene rings is 1. The van der Waals surface area contributed by atoms with E-state index in [-0.39, 0.29) is 25.3 Å². The minimum atomic E-state index is -2.42. The molecule has 0 saturated carbocycles. The standard InChI is InChI=1S/C17H18ClFN2O4/c1-20-13(22)8-12(14(20)10-3-2-4-11(18)7-10)15(23)21-6-5-17(19,9-21)16(24)25/h2-4,7,12,14H,5-6,8-9H2,1H3,(H,24,25). The summed E-state index contributed by atoms with van der Waals surface area (Å²) < 4.78 is 14.3. The van der Waals surface area contributed by atoms with Crippen LogP contribution in [-0.2, 0) is 14.4 Å². The van der Waals surface area contributed by atoms with Gasteiger partial charge < -0.3 is 14.9 Å². The highest BCUT2D eigenvalue weighted by atomic mass is 35.5. The summed E-state index contributed by atoms with van der Waals surface area (Å²) in [4.78, 5) is 38.8. The van der Waals surface area contributed by atoms with E-state index in [9.17, 15) is 18.8 Å². The predicted molar refractivity (Wildman–Crippen MR) is 87.7 cm³/mol. The summed E-state index contributed by atoms with van der Waals surface area (Å²) in [7, 11) is 1.61. The van der Waals surface area contributed by atoms with Crippen LogP contribution in [0.15, 0.2) is 24.3 Å². The van der Waals surface area contributed by atoms with Crippen molar-refractivity contribution in [2.24, 2.45) is 5.92 Å². The van der Waals surface area contributed by atoms with E-state index in [0.717, 1.165) is 5.56 Å². The molecule has 1 aromatic carbocycles. The molecule has 3 atom stereocenters. The summed E-state index contributed by atoms with van der Waals surface area (Å²) >= 11 is 6.02. The molecule has 3 unspecified atom stereocenters. The van der Waals surface area contributed by atoms with E-state index in [1.54, 1.807) is 31.3 Å². The summed E-state index contributed by atoms with van der Waals surface area (Å²) in [5.41, 5.74) is -1.70. The third-order valence-corrected chi connectivity index (χ3v) is 5.24.